The van der Waals surface area contributed by atoms with Gasteiger partial charge in [-0.15, -0.1) is 5.10 Å². The fraction of sp³-hybridized carbons (Fsp3) is 0.172. The van der Waals surface area contributed by atoms with Gasteiger partial charge in [-0.2, -0.15) is 5.10 Å². The first-order chi connectivity index (χ1) is 19.7. The van der Waals surface area contributed by atoms with Crippen molar-refractivity contribution in [1.82, 2.24) is 10.3 Å². The average Bonchev–Trinajstić information content (AvgIpc) is 2.96. The normalized spacial score (nSPS) is 15.4. The van der Waals surface area contributed by atoms with E-state index in [1.54, 1.807) is 54.7 Å². The molecule has 1 atom stereocenters. The Hall–Kier alpha value is -4.87. The average molecular weight is 573 g/mol. The maximum absolute atomic E-state index is 13.1. The molecular formula is C29H29ClN8O3. The van der Waals surface area contributed by atoms with Crippen LogP contribution in [0.4, 0.5) is 11.4 Å². The SMILES string of the molecule is C=N/N=C\N(N)c1ccc(Cl)cc1/C=C/C(=O)N[C@H]1CCCCC(=O)Nc2cc(C(N)=O)ccc2-c2ccnc1c2. The van der Waals surface area contributed by atoms with Crippen LogP contribution in [0.2, 0.25) is 5.02 Å². The summed E-state index contributed by atoms with van der Waals surface area (Å²) in [6.07, 6.45) is 8.02. The van der Waals surface area contributed by atoms with Gasteiger partial charge in [-0.25, -0.2) is 5.84 Å². The lowest BCUT2D eigenvalue weighted by molar-refractivity contribution is -0.118. The van der Waals surface area contributed by atoms with Gasteiger partial charge >= 0.3 is 0 Å². The van der Waals surface area contributed by atoms with Crippen molar-refractivity contribution in [2.24, 2.45) is 21.8 Å². The highest BCUT2D eigenvalue weighted by molar-refractivity contribution is 6.30. The quantitative estimate of drug-likeness (QED) is 0.109. The first kappa shape index (κ1) is 29.1. The second-order valence-electron chi connectivity index (χ2n) is 9.27. The Kier molecular flexibility index (Phi) is 9.56. The van der Waals surface area contributed by atoms with Gasteiger partial charge in [0.05, 0.1) is 17.4 Å². The van der Waals surface area contributed by atoms with Gasteiger partial charge in [-0.05, 0) is 66.9 Å². The molecule has 0 fully saturated rings. The minimum Gasteiger partial charge on any atom is -0.366 e. The number of carbonyl (C=O) groups excluding carboxylic acids is 3. The van der Waals surface area contributed by atoms with Gasteiger partial charge in [0.2, 0.25) is 17.7 Å². The van der Waals surface area contributed by atoms with E-state index in [9.17, 15) is 14.4 Å². The Morgan fingerprint density at radius 2 is 2.00 bits per heavy atom. The molecule has 1 aromatic heterocycles. The number of amides is 3. The maximum atomic E-state index is 13.1. The van der Waals surface area contributed by atoms with Crippen molar-refractivity contribution in [2.75, 3.05) is 10.3 Å². The molecule has 0 saturated heterocycles. The van der Waals surface area contributed by atoms with Crippen molar-refractivity contribution >= 4 is 59.8 Å². The van der Waals surface area contributed by atoms with Crippen LogP contribution in [-0.4, -0.2) is 35.8 Å². The van der Waals surface area contributed by atoms with Crippen LogP contribution >= 0.6 is 11.6 Å². The molecule has 2 heterocycles. The Labute approximate surface area is 242 Å². The molecule has 0 unspecified atom stereocenters. The molecule has 3 aromatic rings. The van der Waals surface area contributed by atoms with Crippen LogP contribution in [0.15, 0.2) is 71.0 Å². The molecule has 11 nitrogen and oxygen atoms in total. The third kappa shape index (κ3) is 7.62. The number of hydrazine groups is 1. The minimum atomic E-state index is -0.592. The van der Waals surface area contributed by atoms with Gasteiger partial charge in [0.15, 0.2) is 0 Å². The van der Waals surface area contributed by atoms with Crippen LogP contribution in [-0.2, 0) is 9.59 Å². The summed E-state index contributed by atoms with van der Waals surface area (Å²) in [5.41, 5.74) is 9.47. The Morgan fingerprint density at radius 3 is 2.78 bits per heavy atom. The summed E-state index contributed by atoms with van der Waals surface area (Å²) in [5.74, 6) is 4.91. The van der Waals surface area contributed by atoms with Gasteiger partial charge in [0, 0.05) is 52.8 Å². The number of hydrogen-bond acceptors (Lipinski definition) is 7. The molecule has 1 aliphatic rings. The molecule has 0 radical (unpaired) electrons. The number of benzene rings is 2. The first-order valence-corrected chi connectivity index (χ1v) is 13.1. The predicted molar refractivity (Wildman–Crippen MR) is 161 cm³/mol. The zero-order valence-electron chi connectivity index (χ0n) is 22.1. The summed E-state index contributed by atoms with van der Waals surface area (Å²) in [6.45, 7) is 3.29. The minimum absolute atomic E-state index is 0.175. The number of halogens is 1. The summed E-state index contributed by atoms with van der Waals surface area (Å²) in [6, 6.07) is 13.2. The van der Waals surface area contributed by atoms with E-state index in [4.69, 9.17) is 23.2 Å². The molecule has 2 aromatic carbocycles. The Balaban J connectivity index is 1.62. The lowest BCUT2D eigenvalue weighted by Crippen LogP contribution is -2.29. The standard InChI is InChI=1S/C29H29ClN8O3/c1-33-35-17-38(32)26-10-8-21(30)14-19(26)7-11-28(40)36-23-4-2-3-5-27(39)37-24-16-20(29(31)41)6-9-22(24)18-12-13-34-25(23)15-18/h6-17,23H,1-5,32H2,(H2,31,41)(H,36,40)(H,37,39)/b11-7+,35-17-/t23-/m0/s1. The van der Waals surface area contributed by atoms with E-state index in [1.807, 2.05) is 6.07 Å². The van der Waals surface area contributed by atoms with Crippen LogP contribution < -0.4 is 27.2 Å². The molecule has 12 heteroatoms. The molecule has 2 bridgehead atoms. The maximum Gasteiger partial charge on any atom is 0.248 e. The van der Waals surface area contributed by atoms with Crippen molar-refractivity contribution in [3.63, 3.8) is 0 Å². The van der Waals surface area contributed by atoms with Crippen molar-refractivity contribution in [2.45, 2.75) is 31.7 Å². The molecule has 4 rings (SSSR count). The fourth-order valence-electron chi connectivity index (χ4n) is 4.43. The molecular weight excluding hydrogens is 544 g/mol. The first-order valence-electron chi connectivity index (χ1n) is 12.8. The van der Waals surface area contributed by atoms with Crippen molar-refractivity contribution in [3.05, 3.63) is 82.6 Å². The zero-order chi connectivity index (χ0) is 29.4. The van der Waals surface area contributed by atoms with E-state index >= 15 is 0 Å². The number of hydrogen-bond donors (Lipinski definition) is 4. The van der Waals surface area contributed by atoms with Crippen LogP contribution in [0.25, 0.3) is 17.2 Å². The van der Waals surface area contributed by atoms with E-state index in [2.05, 4.69) is 32.5 Å². The highest BCUT2D eigenvalue weighted by Gasteiger charge is 2.19. The number of nitrogens with zero attached hydrogens (tertiary/aromatic N) is 4. The summed E-state index contributed by atoms with van der Waals surface area (Å²) in [7, 11) is 0. The molecule has 6 N–H and O–H groups in total. The van der Waals surface area contributed by atoms with E-state index in [0.29, 0.717) is 52.5 Å². The molecule has 0 aliphatic carbocycles. The van der Waals surface area contributed by atoms with Crippen molar-refractivity contribution < 1.29 is 14.4 Å². The third-order valence-corrected chi connectivity index (χ3v) is 6.67. The summed E-state index contributed by atoms with van der Waals surface area (Å²) >= 11 is 6.18. The second kappa shape index (κ2) is 13.5. The number of anilines is 2. The Bertz CT molecular complexity index is 1540. The molecule has 41 heavy (non-hydrogen) atoms. The lowest BCUT2D eigenvalue weighted by atomic mass is 9.97. The van der Waals surface area contributed by atoms with Gasteiger partial charge in [-0.1, -0.05) is 24.1 Å². The molecule has 3 amide bonds. The third-order valence-electron chi connectivity index (χ3n) is 6.43. The highest BCUT2D eigenvalue weighted by Crippen LogP contribution is 2.32. The monoisotopic (exact) mass is 572 g/mol. The number of nitrogens with one attached hydrogen (secondary N) is 2. The number of primary amides is 1. The second-order valence-corrected chi connectivity index (χ2v) is 9.70. The number of pyridine rings is 1. The summed E-state index contributed by atoms with van der Waals surface area (Å²) in [4.78, 5) is 42.0. The summed E-state index contributed by atoms with van der Waals surface area (Å²) in [5, 5.41) is 14.7. The van der Waals surface area contributed by atoms with Gasteiger partial charge in [-0.3, -0.25) is 24.4 Å². The number of fused-ring (bicyclic) bond motifs is 4. The zero-order valence-corrected chi connectivity index (χ0v) is 22.8. The fourth-order valence-corrected chi connectivity index (χ4v) is 4.61. The number of carbonyl (C=O) groups is 3. The highest BCUT2D eigenvalue weighted by atomic mass is 35.5. The van der Waals surface area contributed by atoms with Crippen molar-refractivity contribution in [3.8, 4) is 11.1 Å². The molecule has 210 valence electrons. The summed E-state index contributed by atoms with van der Waals surface area (Å²) < 4.78 is 0. The van der Waals surface area contributed by atoms with E-state index in [0.717, 1.165) is 5.56 Å². The van der Waals surface area contributed by atoms with E-state index in [1.165, 1.54) is 17.4 Å². The van der Waals surface area contributed by atoms with Crippen molar-refractivity contribution in [1.29, 1.82) is 0 Å². The lowest BCUT2D eigenvalue weighted by Gasteiger charge is -2.20. The largest absolute Gasteiger partial charge is 0.366 e. The number of aromatic nitrogens is 1. The van der Waals surface area contributed by atoms with Gasteiger partial charge < -0.3 is 16.4 Å². The van der Waals surface area contributed by atoms with E-state index < -0.39 is 11.9 Å². The number of nitrogens with two attached hydrogens (primary N) is 2. The van der Waals surface area contributed by atoms with Crippen LogP contribution in [0.3, 0.4) is 0 Å². The Morgan fingerprint density at radius 1 is 1.17 bits per heavy atom. The topological polar surface area (TPSA) is 168 Å². The van der Waals surface area contributed by atoms with Gasteiger partial charge in [0.1, 0.15) is 6.34 Å². The smallest absolute Gasteiger partial charge is 0.248 e. The van der Waals surface area contributed by atoms with Crippen LogP contribution in [0.5, 0.6) is 0 Å². The predicted octanol–water partition coefficient (Wildman–Crippen LogP) is 4.21. The van der Waals surface area contributed by atoms with Crippen LogP contribution in [0.1, 0.15) is 53.3 Å². The molecule has 0 spiro atoms. The van der Waals surface area contributed by atoms with E-state index in [-0.39, 0.29) is 23.8 Å². The number of rotatable bonds is 7. The molecule has 1 aliphatic heterocycles. The molecule has 0 saturated carbocycles. The van der Waals surface area contributed by atoms with Crippen LogP contribution in [0, 0.1) is 0 Å². The van der Waals surface area contributed by atoms with Gasteiger partial charge in [0.25, 0.3) is 0 Å².